The highest BCUT2D eigenvalue weighted by Gasteiger charge is 2.26. The fourth-order valence-electron chi connectivity index (χ4n) is 4.62. The van der Waals surface area contributed by atoms with Gasteiger partial charge in [0.15, 0.2) is 0 Å². The van der Waals surface area contributed by atoms with E-state index in [2.05, 4.69) is 36.4 Å². The van der Waals surface area contributed by atoms with Crippen molar-refractivity contribution in [2.45, 2.75) is 25.2 Å². The van der Waals surface area contributed by atoms with Crippen LogP contribution in [-0.2, 0) is 6.42 Å². The van der Waals surface area contributed by atoms with Gasteiger partial charge in [-0.1, -0.05) is 42.5 Å². The second-order valence-electron chi connectivity index (χ2n) is 7.86. The Bertz CT molecular complexity index is 1030. The van der Waals surface area contributed by atoms with Crippen LogP contribution in [0.3, 0.4) is 0 Å². The molecule has 3 aromatic rings. The number of likely N-dealkylation sites (tertiary alicyclic amines) is 1. The molecule has 0 radical (unpaired) electrons. The molecule has 28 heavy (non-hydrogen) atoms. The number of fused-ring (bicyclic) bond motifs is 3. The molecular formula is C25H23NO2. The second kappa shape index (κ2) is 6.83. The first-order valence-electron chi connectivity index (χ1n) is 9.98. The molecule has 0 aromatic heterocycles. The van der Waals surface area contributed by atoms with Crippen molar-refractivity contribution in [2.75, 3.05) is 13.1 Å². The van der Waals surface area contributed by atoms with E-state index in [-0.39, 0.29) is 5.91 Å². The number of carbonyl (C=O) groups excluding carboxylic acids is 1. The summed E-state index contributed by atoms with van der Waals surface area (Å²) >= 11 is 0. The number of nitrogens with zero attached hydrogens (tertiary/aromatic N) is 1. The van der Waals surface area contributed by atoms with Crippen LogP contribution in [0.5, 0.6) is 5.75 Å². The van der Waals surface area contributed by atoms with Crippen LogP contribution in [0.4, 0.5) is 0 Å². The Kier molecular flexibility index (Phi) is 4.16. The molecule has 3 nitrogen and oxygen atoms in total. The standard InChI is InChI=1S/C25H23NO2/c27-22-8-5-17(6-9-22)18-11-13-26(14-12-18)25(28)20-7-10-24-21(16-20)15-19-3-1-2-4-23(19)24/h1-10,16,18,27H,11-15H2. The Labute approximate surface area is 165 Å². The van der Waals surface area contributed by atoms with Gasteiger partial charge in [-0.25, -0.2) is 0 Å². The lowest BCUT2D eigenvalue weighted by atomic mass is 9.89. The third-order valence-electron chi connectivity index (χ3n) is 6.19. The van der Waals surface area contributed by atoms with E-state index in [1.807, 2.05) is 23.1 Å². The van der Waals surface area contributed by atoms with Crippen LogP contribution < -0.4 is 0 Å². The van der Waals surface area contributed by atoms with Crippen LogP contribution in [0.15, 0.2) is 66.7 Å². The fourth-order valence-corrected chi connectivity index (χ4v) is 4.62. The maximum absolute atomic E-state index is 13.1. The minimum atomic E-state index is 0.142. The summed E-state index contributed by atoms with van der Waals surface area (Å²) in [5.41, 5.74) is 7.21. The van der Waals surface area contributed by atoms with Gasteiger partial charge >= 0.3 is 0 Å². The Hall–Kier alpha value is -3.07. The van der Waals surface area contributed by atoms with Gasteiger partial charge in [-0.05, 0) is 77.3 Å². The third-order valence-corrected chi connectivity index (χ3v) is 6.19. The first-order chi connectivity index (χ1) is 13.7. The van der Waals surface area contributed by atoms with Crippen LogP contribution >= 0.6 is 0 Å². The largest absolute Gasteiger partial charge is 0.508 e. The number of amides is 1. The van der Waals surface area contributed by atoms with Crippen molar-refractivity contribution in [3.8, 4) is 16.9 Å². The van der Waals surface area contributed by atoms with E-state index in [1.54, 1.807) is 12.1 Å². The van der Waals surface area contributed by atoms with Crippen LogP contribution in [-0.4, -0.2) is 29.0 Å². The van der Waals surface area contributed by atoms with Crippen molar-refractivity contribution < 1.29 is 9.90 Å². The third kappa shape index (κ3) is 2.97. The average Bonchev–Trinajstić information content (AvgIpc) is 3.12. The van der Waals surface area contributed by atoms with Crippen molar-refractivity contribution in [2.24, 2.45) is 0 Å². The molecule has 3 aromatic carbocycles. The summed E-state index contributed by atoms with van der Waals surface area (Å²) in [6, 6.07) is 22.1. The lowest BCUT2D eigenvalue weighted by molar-refractivity contribution is 0.0713. The molecule has 1 saturated heterocycles. The zero-order chi connectivity index (χ0) is 19.1. The summed E-state index contributed by atoms with van der Waals surface area (Å²) in [4.78, 5) is 15.0. The molecule has 1 aliphatic carbocycles. The minimum Gasteiger partial charge on any atom is -0.508 e. The molecule has 3 heteroatoms. The van der Waals surface area contributed by atoms with Crippen LogP contribution in [0.1, 0.15) is 45.8 Å². The number of piperidine rings is 1. The highest BCUT2D eigenvalue weighted by Crippen LogP contribution is 2.37. The maximum atomic E-state index is 13.1. The van der Waals surface area contributed by atoms with Gasteiger partial charge in [0.1, 0.15) is 5.75 Å². The molecule has 5 rings (SSSR count). The van der Waals surface area contributed by atoms with Gasteiger partial charge in [0.2, 0.25) is 0 Å². The predicted octanol–water partition coefficient (Wildman–Crippen LogP) is 4.98. The Morgan fingerprint density at radius 1 is 0.857 bits per heavy atom. The Morgan fingerprint density at radius 3 is 2.36 bits per heavy atom. The van der Waals surface area contributed by atoms with Crippen LogP contribution in [0.2, 0.25) is 0 Å². The van der Waals surface area contributed by atoms with Crippen molar-refractivity contribution in [3.63, 3.8) is 0 Å². The Balaban J connectivity index is 1.29. The van der Waals surface area contributed by atoms with Crippen molar-refractivity contribution in [1.82, 2.24) is 4.90 Å². The molecule has 1 N–H and O–H groups in total. The van der Waals surface area contributed by atoms with Crippen molar-refractivity contribution in [3.05, 3.63) is 89.0 Å². The summed E-state index contributed by atoms with van der Waals surface area (Å²) in [6.45, 7) is 1.56. The zero-order valence-electron chi connectivity index (χ0n) is 15.8. The molecule has 1 amide bonds. The SMILES string of the molecule is O=C(c1ccc2c(c1)Cc1ccccc1-2)N1CCC(c2ccc(O)cc2)CC1. The second-order valence-corrected chi connectivity index (χ2v) is 7.86. The van der Waals surface area contributed by atoms with Gasteiger partial charge in [0.05, 0.1) is 0 Å². The lowest BCUT2D eigenvalue weighted by Gasteiger charge is -2.32. The van der Waals surface area contributed by atoms with Crippen molar-refractivity contribution >= 4 is 5.91 Å². The monoisotopic (exact) mass is 369 g/mol. The van der Waals surface area contributed by atoms with E-state index in [4.69, 9.17) is 0 Å². The van der Waals surface area contributed by atoms with Gasteiger partial charge in [0.25, 0.3) is 5.91 Å². The number of phenols is 1. The molecule has 0 atom stereocenters. The molecule has 1 aliphatic heterocycles. The summed E-state index contributed by atoms with van der Waals surface area (Å²) in [6.07, 6.45) is 2.84. The number of hydrogen-bond donors (Lipinski definition) is 1. The molecule has 2 aliphatic rings. The maximum Gasteiger partial charge on any atom is 0.253 e. The molecular weight excluding hydrogens is 346 g/mol. The van der Waals surface area contributed by atoms with E-state index < -0.39 is 0 Å². The molecule has 1 heterocycles. The number of benzene rings is 3. The summed E-state index contributed by atoms with van der Waals surface area (Å²) in [5.74, 6) is 0.900. The molecule has 0 unspecified atom stereocenters. The summed E-state index contributed by atoms with van der Waals surface area (Å²) in [5, 5.41) is 9.47. The number of carbonyl (C=O) groups is 1. The summed E-state index contributed by atoms with van der Waals surface area (Å²) in [7, 11) is 0. The lowest BCUT2D eigenvalue weighted by Crippen LogP contribution is -2.37. The molecule has 1 fully saturated rings. The van der Waals surface area contributed by atoms with E-state index in [1.165, 1.54) is 27.8 Å². The first kappa shape index (κ1) is 17.1. The smallest absolute Gasteiger partial charge is 0.253 e. The number of hydrogen-bond acceptors (Lipinski definition) is 2. The first-order valence-corrected chi connectivity index (χ1v) is 9.98. The molecule has 0 saturated carbocycles. The quantitative estimate of drug-likeness (QED) is 0.541. The fraction of sp³-hybridized carbons (Fsp3) is 0.240. The number of aromatic hydroxyl groups is 1. The normalized spacial score (nSPS) is 15.9. The van der Waals surface area contributed by atoms with Gasteiger partial charge in [-0.2, -0.15) is 0 Å². The van der Waals surface area contributed by atoms with E-state index in [9.17, 15) is 9.90 Å². The average molecular weight is 369 g/mol. The van der Waals surface area contributed by atoms with Gasteiger partial charge in [-0.15, -0.1) is 0 Å². The van der Waals surface area contributed by atoms with E-state index in [0.29, 0.717) is 11.7 Å². The predicted molar refractivity (Wildman–Crippen MR) is 111 cm³/mol. The van der Waals surface area contributed by atoms with Gasteiger partial charge in [-0.3, -0.25) is 4.79 Å². The van der Waals surface area contributed by atoms with E-state index >= 15 is 0 Å². The highest BCUT2D eigenvalue weighted by atomic mass is 16.3. The number of rotatable bonds is 2. The molecule has 0 spiro atoms. The van der Waals surface area contributed by atoms with Crippen LogP contribution in [0, 0.1) is 0 Å². The topological polar surface area (TPSA) is 40.5 Å². The van der Waals surface area contributed by atoms with Gasteiger partial charge in [0, 0.05) is 18.7 Å². The highest BCUT2D eigenvalue weighted by molar-refractivity contribution is 5.95. The number of phenolic OH excluding ortho intramolecular Hbond substituents is 1. The van der Waals surface area contributed by atoms with E-state index in [0.717, 1.165) is 37.9 Å². The van der Waals surface area contributed by atoms with Crippen molar-refractivity contribution in [1.29, 1.82) is 0 Å². The Morgan fingerprint density at radius 2 is 1.57 bits per heavy atom. The zero-order valence-corrected chi connectivity index (χ0v) is 15.8. The minimum absolute atomic E-state index is 0.142. The molecule has 140 valence electrons. The summed E-state index contributed by atoms with van der Waals surface area (Å²) < 4.78 is 0. The molecule has 0 bridgehead atoms. The van der Waals surface area contributed by atoms with Gasteiger partial charge < -0.3 is 10.0 Å². The van der Waals surface area contributed by atoms with Crippen LogP contribution in [0.25, 0.3) is 11.1 Å².